The van der Waals surface area contributed by atoms with E-state index in [9.17, 15) is 14.4 Å². The van der Waals surface area contributed by atoms with Gasteiger partial charge < -0.3 is 19.7 Å². The Balaban J connectivity index is 1.37. The molecule has 8 heteroatoms. The van der Waals surface area contributed by atoms with E-state index in [1.807, 2.05) is 74.5 Å². The van der Waals surface area contributed by atoms with Crippen LogP contribution in [0.1, 0.15) is 41.8 Å². The molecule has 0 saturated carbocycles. The Hall–Kier alpha value is -4.62. The molecule has 228 valence electrons. The lowest BCUT2D eigenvalue weighted by molar-refractivity contribution is -0.141. The summed E-state index contributed by atoms with van der Waals surface area (Å²) in [5.74, 6) is 0.0123. The van der Waals surface area contributed by atoms with E-state index < -0.39 is 12.0 Å². The van der Waals surface area contributed by atoms with Gasteiger partial charge in [0.2, 0.25) is 5.91 Å². The van der Waals surface area contributed by atoms with E-state index in [2.05, 4.69) is 5.32 Å². The van der Waals surface area contributed by atoms with Gasteiger partial charge in [0.1, 0.15) is 11.8 Å². The fourth-order valence-corrected chi connectivity index (χ4v) is 4.87. The van der Waals surface area contributed by atoms with Crippen LogP contribution in [0.25, 0.3) is 0 Å². The van der Waals surface area contributed by atoms with E-state index in [0.717, 1.165) is 11.3 Å². The van der Waals surface area contributed by atoms with Crippen LogP contribution in [-0.4, -0.2) is 44.0 Å². The minimum Gasteiger partial charge on any atom is -0.494 e. The molecule has 1 atom stereocenters. The van der Waals surface area contributed by atoms with E-state index in [1.165, 1.54) is 7.11 Å². The molecule has 4 aromatic rings. The van der Waals surface area contributed by atoms with Gasteiger partial charge in [-0.1, -0.05) is 80.0 Å². The number of rotatable bonds is 14. The number of amides is 1. The number of nitrogens with zero attached hydrogens (tertiary/aromatic N) is 1. The number of para-hydroxylation sites is 1. The van der Waals surface area contributed by atoms with Crippen molar-refractivity contribution < 1.29 is 23.9 Å². The van der Waals surface area contributed by atoms with Crippen molar-refractivity contribution in [3.05, 3.63) is 125 Å². The van der Waals surface area contributed by atoms with Gasteiger partial charge in [0, 0.05) is 46.4 Å². The van der Waals surface area contributed by atoms with Gasteiger partial charge in [-0.25, -0.2) is 4.79 Å². The molecule has 0 radical (unpaired) electrons. The summed E-state index contributed by atoms with van der Waals surface area (Å²) in [6.45, 7) is 4.70. The Morgan fingerprint density at radius 3 is 2.16 bits per heavy atom. The van der Waals surface area contributed by atoms with Crippen LogP contribution in [0, 0.1) is 5.92 Å². The molecule has 0 fully saturated rings. The number of carbonyl (C=O) groups is 3. The number of esters is 1. The second kappa shape index (κ2) is 15.7. The number of hydrogen-bond acceptors (Lipinski definition) is 6. The fourth-order valence-electron chi connectivity index (χ4n) is 4.74. The fraction of sp³-hybridized carbons (Fsp3) is 0.250. The molecule has 4 rings (SSSR count). The van der Waals surface area contributed by atoms with Gasteiger partial charge >= 0.3 is 5.97 Å². The molecule has 0 aromatic heterocycles. The maximum absolute atomic E-state index is 13.2. The van der Waals surface area contributed by atoms with Crippen LogP contribution in [0.5, 0.6) is 5.75 Å². The molecule has 1 amide bonds. The lowest BCUT2D eigenvalue weighted by atomic mass is 10.00. The topological polar surface area (TPSA) is 84.9 Å². The zero-order valence-electron chi connectivity index (χ0n) is 25.2. The minimum atomic E-state index is -0.714. The van der Waals surface area contributed by atoms with Crippen LogP contribution < -0.4 is 15.0 Å². The number of ketones is 1. The molecule has 0 heterocycles. The van der Waals surface area contributed by atoms with Crippen molar-refractivity contribution in [2.24, 2.45) is 5.92 Å². The Bertz CT molecular complexity index is 1540. The van der Waals surface area contributed by atoms with E-state index in [4.69, 9.17) is 21.1 Å². The van der Waals surface area contributed by atoms with Crippen molar-refractivity contribution in [3.8, 4) is 5.75 Å². The Morgan fingerprint density at radius 1 is 0.841 bits per heavy atom. The average molecular weight is 613 g/mol. The van der Waals surface area contributed by atoms with Crippen molar-refractivity contribution in [3.63, 3.8) is 0 Å². The highest BCUT2D eigenvalue weighted by molar-refractivity contribution is 6.30. The zero-order chi connectivity index (χ0) is 31.5. The van der Waals surface area contributed by atoms with Crippen LogP contribution >= 0.6 is 11.6 Å². The summed E-state index contributed by atoms with van der Waals surface area (Å²) < 4.78 is 11.0. The predicted molar refractivity (Wildman–Crippen MR) is 175 cm³/mol. The highest BCUT2D eigenvalue weighted by Crippen LogP contribution is 2.23. The van der Waals surface area contributed by atoms with E-state index in [1.54, 1.807) is 47.4 Å². The van der Waals surface area contributed by atoms with Gasteiger partial charge in [-0.05, 0) is 60.5 Å². The normalized spacial score (nSPS) is 11.5. The highest BCUT2D eigenvalue weighted by atomic mass is 35.5. The molecule has 0 spiro atoms. The maximum Gasteiger partial charge on any atom is 0.328 e. The Morgan fingerprint density at radius 2 is 1.50 bits per heavy atom. The number of carbonyl (C=O) groups excluding carboxylic acids is 3. The molecule has 1 N–H and O–H groups in total. The van der Waals surface area contributed by atoms with Crippen LogP contribution in [0.15, 0.2) is 103 Å². The van der Waals surface area contributed by atoms with E-state index in [0.29, 0.717) is 53.6 Å². The largest absolute Gasteiger partial charge is 0.494 e. The first-order chi connectivity index (χ1) is 21.3. The van der Waals surface area contributed by atoms with E-state index >= 15 is 0 Å². The molecule has 4 aromatic carbocycles. The lowest BCUT2D eigenvalue weighted by Gasteiger charge is -2.25. The number of hydrogen-bond donors (Lipinski definition) is 1. The van der Waals surface area contributed by atoms with Crippen molar-refractivity contribution in [2.75, 3.05) is 30.5 Å². The summed E-state index contributed by atoms with van der Waals surface area (Å²) in [6.07, 6.45) is 0.979. The lowest BCUT2D eigenvalue weighted by Crippen LogP contribution is -2.35. The number of benzene rings is 4. The van der Waals surface area contributed by atoms with Gasteiger partial charge in [-0.3, -0.25) is 9.59 Å². The van der Waals surface area contributed by atoms with Gasteiger partial charge in [-0.15, -0.1) is 0 Å². The van der Waals surface area contributed by atoms with Gasteiger partial charge in [0.05, 0.1) is 13.7 Å². The third-order valence-corrected chi connectivity index (χ3v) is 7.33. The van der Waals surface area contributed by atoms with Crippen molar-refractivity contribution >= 4 is 40.6 Å². The van der Waals surface area contributed by atoms with Gasteiger partial charge in [0.15, 0.2) is 5.78 Å². The van der Waals surface area contributed by atoms with Crippen molar-refractivity contribution in [1.29, 1.82) is 0 Å². The standard InChI is InChI=1S/C36H37ClN2O5/c1-25(2)35(41)39(29-18-16-28(37)17-19-29)22-9-23-44-30-20-14-26(15-21-30)24-33(36(42)43-3)38-32-13-8-7-12-31(32)34(40)27-10-5-4-6-11-27/h4-8,10-21,25,33,38H,9,22-24H2,1-3H3/t33-/m0/s1. The molecule has 0 saturated heterocycles. The van der Waals surface area contributed by atoms with Gasteiger partial charge in [-0.2, -0.15) is 0 Å². The third kappa shape index (κ3) is 8.71. The first kappa shape index (κ1) is 32.3. The van der Waals surface area contributed by atoms with Crippen LogP contribution in [0.2, 0.25) is 5.02 Å². The van der Waals surface area contributed by atoms with Crippen molar-refractivity contribution in [1.82, 2.24) is 0 Å². The third-order valence-electron chi connectivity index (χ3n) is 7.08. The summed E-state index contributed by atoms with van der Waals surface area (Å²) in [7, 11) is 1.35. The number of methoxy groups -OCH3 is 1. The Labute approximate surface area is 263 Å². The molecule has 0 bridgehead atoms. The first-order valence-electron chi connectivity index (χ1n) is 14.6. The summed E-state index contributed by atoms with van der Waals surface area (Å²) in [5, 5.41) is 3.85. The predicted octanol–water partition coefficient (Wildman–Crippen LogP) is 7.23. The van der Waals surface area contributed by atoms with E-state index in [-0.39, 0.29) is 17.6 Å². The number of halogens is 1. The average Bonchev–Trinajstić information content (AvgIpc) is 3.05. The van der Waals surface area contributed by atoms with Crippen LogP contribution in [-0.2, 0) is 20.7 Å². The molecule has 44 heavy (non-hydrogen) atoms. The zero-order valence-corrected chi connectivity index (χ0v) is 25.9. The summed E-state index contributed by atoms with van der Waals surface area (Å²) in [4.78, 5) is 40.5. The molecule has 0 unspecified atom stereocenters. The quantitative estimate of drug-likeness (QED) is 0.0919. The second-order valence-corrected chi connectivity index (χ2v) is 11.1. The van der Waals surface area contributed by atoms with Crippen LogP contribution in [0.3, 0.4) is 0 Å². The first-order valence-corrected chi connectivity index (χ1v) is 15.0. The second-order valence-electron chi connectivity index (χ2n) is 10.6. The molecule has 0 aliphatic carbocycles. The smallest absolute Gasteiger partial charge is 0.328 e. The molecule has 7 nitrogen and oxygen atoms in total. The molecule has 0 aliphatic heterocycles. The highest BCUT2D eigenvalue weighted by Gasteiger charge is 2.23. The molecular weight excluding hydrogens is 576 g/mol. The number of anilines is 2. The van der Waals surface area contributed by atoms with Gasteiger partial charge in [0.25, 0.3) is 0 Å². The SMILES string of the molecule is COC(=O)[C@H](Cc1ccc(OCCCN(C(=O)C(C)C)c2ccc(Cl)cc2)cc1)Nc1ccccc1C(=O)c1ccccc1. The molecular formula is C36H37ClN2O5. The number of nitrogens with one attached hydrogen (secondary N) is 1. The van der Waals surface area contributed by atoms with Crippen LogP contribution in [0.4, 0.5) is 11.4 Å². The summed E-state index contributed by atoms with van der Waals surface area (Å²) in [6, 6.07) is 30.2. The summed E-state index contributed by atoms with van der Waals surface area (Å²) in [5.41, 5.74) is 3.29. The maximum atomic E-state index is 13.2. The van der Waals surface area contributed by atoms with Crippen molar-refractivity contribution in [2.45, 2.75) is 32.7 Å². The minimum absolute atomic E-state index is 0.0394. The monoisotopic (exact) mass is 612 g/mol. The number of ether oxygens (including phenoxy) is 2. The Kier molecular flexibility index (Phi) is 11.5. The molecule has 0 aliphatic rings. The summed E-state index contributed by atoms with van der Waals surface area (Å²) >= 11 is 6.03.